The van der Waals surface area contributed by atoms with Crippen molar-refractivity contribution in [2.75, 3.05) is 0 Å². The van der Waals surface area contributed by atoms with E-state index in [2.05, 4.69) is 16.2 Å². The number of fused-ring (bicyclic) bond motifs is 1. The normalized spacial score (nSPS) is 11.1. The molecule has 0 atom stereocenters. The van der Waals surface area contributed by atoms with Crippen LogP contribution in [-0.2, 0) is 0 Å². The molecule has 0 saturated carbocycles. The molecule has 0 saturated heterocycles. The zero-order valence-corrected chi connectivity index (χ0v) is 13.9. The van der Waals surface area contributed by atoms with Crippen molar-refractivity contribution in [3.63, 3.8) is 0 Å². The number of aromatic nitrogens is 2. The predicted molar refractivity (Wildman–Crippen MR) is 101 cm³/mol. The van der Waals surface area contributed by atoms with E-state index in [1.54, 1.807) is 60.7 Å². The number of benzene rings is 2. The minimum absolute atomic E-state index is 0.345. The van der Waals surface area contributed by atoms with Crippen LogP contribution in [0.2, 0.25) is 0 Å². The van der Waals surface area contributed by atoms with Crippen LogP contribution in [0.3, 0.4) is 0 Å². The molecule has 2 aromatic carbocycles. The first-order chi connectivity index (χ1) is 13.2. The Kier molecular flexibility index (Phi) is 3.99. The van der Waals surface area contributed by atoms with Gasteiger partial charge in [0, 0.05) is 5.56 Å². The maximum atomic E-state index is 12.4. The molecule has 27 heavy (non-hydrogen) atoms. The van der Waals surface area contributed by atoms with Crippen molar-refractivity contribution in [1.29, 1.82) is 5.26 Å². The Bertz CT molecular complexity index is 1340. The van der Waals surface area contributed by atoms with Gasteiger partial charge in [0.25, 0.3) is 5.56 Å². The molecule has 4 aromatic rings. The number of nitrogens with one attached hydrogen (secondary N) is 1. The van der Waals surface area contributed by atoms with Gasteiger partial charge in [0.05, 0.1) is 28.8 Å². The van der Waals surface area contributed by atoms with E-state index in [0.29, 0.717) is 33.6 Å². The molecular formula is C20H12N4O3. The van der Waals surface area contributed by atoms with Crippen LogP contribution in [0.1, 0.15) is 11.3 Å². The molecule has 0 unspecified atom stereocenters. The Morgan fingerprint density at radius 3 is 2.67 bits per heavy atom. The second-order valence-corrected chi connectivity index (χ2v) is 5.70. The summed E-state index contributed by atoms with van der Waals surface area (Å²) >= 11 is 0. The number of para-hydroxylation sites is 1. The van der Waals surface area contributed by atoms with Crippen LogP contribution < -0.4 is 11.2 Å². The Balaban J connectivity index is 1.72. The van der Waals surface area contributed by atoms with E-state index in [1.165, 1.54) is 6.21 Å². The molecule has 2 aromatic heterocycles. The highest BCUT2D eigenvalue weighted by molar-refractivity contribution is 5.79. The summed E-state index contributed by atoms with van der Waals surface area (Å²) in [7, 11) is 0. The first kappa shape index (κ1) is 16.3. The summed E-state index contributed by atoms with van der Waals surface area (Å²) in [5, 5.41) is 13.5. The van der Waals surface area contributed by atoms with E-state index in [0.717, 1.165) is 4.68 Å². The van der Waals surface area contributed by atoms with Gasteiger partial charge in [-0.15, -0.1) is 4.68 Å². The summed E-state index contributed by atoms with van der Waals surface area (Å²) in [6.45, 7) is 0. The average molecular weight is 356 g/mol. The van der Waals surface area contributed by atoms with Crippen molar-refractivity contribution in [3.05, 3.63) is 92.8 Å². The van der Waals surface area contributed by atoms with E-state index < -0.39 is 11.2 Å². The lowest BCUT2D eigenvalue weighted by atomic mass is 10.1. The number of hydrogen-bond donors (Lipinski definition) is 1. The minimum Gasteiger partial charge on any atom is -0.455 e. The van der Waals surface area contributed by atoms with Crippen molar-refractivity contribution >= 4 is 17.1 Å². The Morgan fingerprint density at radius 1 is 1.04 bits per heavy atom. The lowest BCUT2D eigenvalue weighted by Gasteiger charge is -2.00. The van der Waals surface area contributed by atoms with Crippen LogP contribution in [-0.4, -0.2) is 15.9 Å². The van der Waals surface area contributed by atoms with Gasteiger partial charge < -0.3 is 9.40 Å². The van der Waals surface area contributed by atoms with Gasteiger partial charge in [-0.2, -0.15) is 10.4 Å². The lowest BCUT2D eigenvalue weighted by Crippen LogP contribution is -2.32. The molecule has 7 nitrogen and oxygen atoms in total. The second-order valence-electron chi connectivity index (χ2n) is 5.70. The molecule has 0 bridgehead atoms. The summed E-state index contributed by atoms with van der Waals surface area (Å²) in [6.07, 6.45) is 1.28. The van der Waals surface area contributed by atoms with E-state index in [1.807, 2.05) is 0 Å². The second kappa shape index (κ2) is 6.61. The van der Waals surface area contributed by atoms with Gasteiger partial charge in [0.15, 0.2) is 0 Å². The number of nitriles is 1. The van der Waals surface area contributed by atoms with Gasteiger partial charge in [0.1, 0.15) is 11.5 Å². The highest BCUT2D eigenvalue weighted by atomic mass is 16.3. The summed E-state index contributed by atoms with van der Waals surface area (Å²) in [5.74, 6) is 0.838. The fourth-order valence-electron chi connectivity index (χ4n) is 2.74. The lowest BCUT2D eigenvalue weighted by molar-refractivity contribution is 0.573. The highest BCUT2D eigenvalue weighted by Gasteiger charge is 2.09. The van der Waals surface area contributed by atoms with Crippen molar-refractivity contribution in [3.8, 4) is 17.4 Å². The zero-order chi connectivity index (χ0) is 18.8. The van der Waals surface area contributed by atoms with Crippen LogP contribution in [0.4, 0.5) is 0 Å². The minimum atomic E-state index is -0.642. The molecule has 2 heterocycles. The quantitative estimate of drug-likeness (QED) is 0.570. The van der Waals surface area contributed by atoms with E-state index >= 15 is 0 Å². The number of hydrogen-bond acceptors (Lipinski definition) is 5. The summed E-state index contributed by atoms with van der Waals surface area (Å²) in [4.78, 5) is 27.2. The Hall–Kier alpha value is -4.18. The molecule has 1 N–H and O–H groups in total. The van der Waals surface area contributed by atoms with Gasteiger partial charge in [-0.1, -0.05) is 24.3 Å². The third-order valence-corrected chi connectivity index (χ3v) is 4.02. The first-order valence-corrected chi connectivity index (χ1v) is 8.05. The van der Waals surface area contributed by atoms with Crippen LogP contribution in [0.15, 0.2) is 79.8 Å². The fourth-order valence-corrected chi connectivity index (χ4v) is 2.74. The maximum absolute atomic E-state index is 12.4. The van der Waals surface area contributed by atoms with Gasteiger partial charge >= 0.3 is 5.69 Å². The van der Waals surface area contributed by atoms with Crippen molar-refractivity contribution in [2.24, 2.45) is 5.10 Å². The molecule has 0 aliphatic carbocycles. The zero-order valence-electron chi connectivity index (χ0n) is 13.9. The van der Waals surface area contributed by atoms with Crippen LogP contribution in [0.5, 0.6) is 0 Å². The van der Waals surface area contributed by atoms with Gasteiger partial charge in [0.2, 0.25) is 0 Å². The number of aromatic amines is 1. The Labute approximate surface area is 152 Å². The molecule has 0 aliphatic rings. The van der Waals surface area contributed by atoms with Crippen molar-refractivity contribution < 1.29 is 4.42 Å². The van der Waals surface area contributed by atoms with E-state index in [4.69, 9.17) is 4.42 Å². The molecule has 0 spiro atoms. The topological polar surface area (TPSA) is 104 Å². The standard InChI is InChI=1S/C20H12N4O3/c21-11-13-5-1-2-6-15(13)18-10-9-14(27-18)12-22-24-19(25)16-7-3-4-8-17(16)23-20(24)26/h1-10,12H,(H,23,26). The largest absolute Gasteiger partial charge is 0.455 e. The monoisotopic (exact) mass is 356 g/mol. The third-order valence-electron chi connectivity index (χ3n) is 4.02. The third kappa shape index (κ3) is 2.96. The highest BCUT2D eigenvalue weighted by Crippen LogP contribution is 2.24. The molecule has 130 valence electrons. The molecule has 7 heteroatoms. The Morgan fingerprint density at radius 2 is 1.81 bits per heavy atom. The summed E-state index contributed by atoms with van der Waals surface area (Å²) < 4.78 is 6.42. The van der Waals surface area contributed by atoms with Crippen LogP contribution in [0.25, 0.3) is 22.2 Å². The molecule has 0 fully saturated rings. The van der Waals surface area contributed by atoms with Gasteiger partial charge in [-0.3, -0.25) is 4.79 Å². The molecule has 0 aliphatic heterocycles. The predicted octanol–water partition coefficient (Wildman–Crippen LogP) is 2.70. The first-order valence-electron chi connectivity index (χ1n) is 8.05. The van der Waals surface area contributed by atoms with Gasteiger partial charge in [-0.25, -0.2) is 4.79 Å². The number of H-pyrrole nitrogens is 1. The number of rotatable bonds is 3. The smallest absolute Gasteiger partial charge is 0.349 e. The molecule has 4 rings (SSSR count). The van der Waals surface area contributed by atoms with Crippen LogP contribution in [0, 0.1) is 11.3 Å². The van der Waals surface area contributed by atoms with Gasteiger partial charge in [-0.05, 0) is 36.4 Å². The number of nitrogens with zero attached hydrogens (tertiary/aromatic N) is 3. The molecule has 0 radical (unpaired) electrons. The number of furan rings is 1. The maximum Gasteiger partial charge on any atom is 0.349 e. The van der Waals surface area contributed by atoms with Crippen molar-refractivity contribution in [2.45, 2.75) is 0 Å². The van der Waals surface area contributed by atoms with E-state index in [-0.39, 0.29) is 0 Å². The SMILES string of the molecule is N#Cc1ccccc1-c1ccc(C=Nn2c(=O)[nH]c3ccccc3c2=O)o1. The summed E-state index contributed by atoms with van der Waals surface area (Å²) in [5.41, 5.74) is 0.425. The summed E-state index contributed by atoms with van der Waals surface area (Å²) in [6, 6.07) is 19.2. The fraction of sp³-hybridized carbons (Fsp3) is 0. The van der Waals surface area contributed by atoms with Crippen molar-refractivity contribution in [1.82, 2.24) is 9.66 Å². The average Bonchev–Trinajstić information content (AvgIpc) is 3.16. The molecular weight excluding hydrogens is 344 g/mol. The van der Waals surface area contributed by atoms with Crippen LogP contribution >= 0.6 is 0 Å². The van der Waals surface area contributed by atoms with E-state index in [9.17, 15) is 14.9 Å². The molecule has 0 amide bonds.